The number of aryl methyl sites for hydroxylation is 1. The highest BCUT2D eigenvalue weighted by Crippen LogP contribution is 2.28. The van der Waals surface area contributed by atoms with E-state index in [9.17, 15) is 12.8 Å². The lowest BCUT2D eigenvalue weighted by Crippen LogP contribution is -2.22. The van der Waals surface area contributed by atoms with Crippen molar-refractivity contribution in [3.63, 3.8) is 0 Å². The standard InChI is InChI=1S/C22H27FN4O2S.2ClH/c1-15-11-21-22(25-13-15)20(16(2)27(21)14-18(23)9-10-24)12-17-5-7-19(8-6-17)30(28,29)26(3)4;;/h5-9,11,13H,10,12,14,24H2,1-4H3;2*1H/b18-9-;;. The maximum atomic E-state index is 14.2. The molecule has 6 nitrogen and oxygen atoms in total. The van der Waals surface area contributed by atoms with Crippen molar-refractivity contribution in [2.24, 2.45) is 5.73 Å². The van der Waals surface area contributed by atoms with Gasteiger partial charge in [0, 0.05) is 44.5 Å². The summed E-state index contributed by atoms with van der Waals surface area (Å²) >= 11 is 0. The van der Waals surface area contributed by atoms with Crippen LogP contribution in [0.1, 0.15) is 22.4 Å². The van der Waals surface area contributed by atoms with E-state index < -0.39 is 10.0 Å². The van der Waals surface area contributed by atoms with E-state index in [2.05, 4.69) is 4.98 Å². The van der Waals surface area contributed by atoms with Gasteiger partial charge in [0.05, 0.1) is 22.5 Å². The van der Waals surface area contributed by atoms with Gasteiger partial charge in [-0.2, -0.15) is 0 Å². The molecule has 32 heavy (non-hydrogen) atoms. The zero-order chi connectivity index (χ0) is 22.1. The maximum Gasteiger partial charge on any atom is 0.242 e. The lowest BCUT2D eigenvalue weighted by atomic mass is 10.0. The second-order valence-electron chi connectivity index (χ2n) is 7.53. The van der Waals surface area contributed by atoms with Gasteiger partial charge in [0.2, 0.25) is 10.0 Å². The molecule has 0 radical (unpaired) electrons. The first-order valence-electron chi connectivity index (χ1n) is 9.65. The fourth-order valence-corrected chi connectivity index (χ4v) is 4.36. The van der Waals surface area contributed by atoms with Crippen molar-refractivity contribution in [2.75, 3.05) is 20.6 Å². The van der Waals surface area contributed by atoms with E-state index in [-0.39, 0.29) is 48.6 Å². The van der Waals surface area contributed by atoms with Crippen LogP contribution in [-0.2, 0) is 23.0 Å². The Bertz CT molecular complexity index is 1210. The number of nitrogens with two attached hydrogens (primary N) is 1. The quantitative estimate of drug-likeness (QED) is 0.525. The lowest BCUT2D eigenvalue weighted by molar-refractivity contribution is 0.520. The minimum Gasteiger partial charge on any atom is -0.336 e. The Kier molecular flexibility index (Phi) is 9.86. The molecular formula is C22H29Cl2FN4O2S. The molecule has 0 unspecified atom stereocenters. The Labute approximate surface area is 201 Å². The van der Waals surface area contributed by atoms with Crippen molar-refractivity contribution >= 4 is 45.9 Å². The van der Waals surface area contributed by atoms with Gasteiger partial charge in [-0.1, -0.05) is 12.1 Å². The second kappa shape index (κ2) is 11.2. The number of pyridine rings is 1. The zero-order valence-corrected chi connectivity index (χ0v) is 21.0. The molecule has 10 heteroatoms. The molecule has 0 atom stereocenters. The van der Waals surface area contributed by atoms with E-state index in [1.807, 2.05) is 36.6 Å². The van der Waals surface area contributed by atoms with Crippen LogP contribution in [0.4, 0.5) is 4.39 Å². The highest BCUT2D eigenvalue weighted by Gasteiger charge is 2.19. The molecule has 0 amide bonds. The van der Waals surface area contributed by atoms with Crippen LogP contribution in [0.25, 0.3) is 11.0 Å². The minimum absolute atomic E-state index is 0. The number of fused-ring (bicyclic) bond motifs is 1. The molecule has 2 aromatic heterocycles. The third-order valence-corrected chi connectivity index (χ3v) is 6.98. The first-order chi connectivity index (χ1) is 14.1. The fraction of sp³-hybridized carbons (Fsp3) is 0.318. The number of aromatic nitrogens is 2. The minimum atomic E-state index is -3.47. The Morgan fingerprint density at radius 3 is 2.38 bits per heavy atom. The molecule has 0 aliphatic carbocycles. The van der Waals surface area contributed by atoms with Gasteiger partial charge in [-0.15, -0.1) is 24.8 Å². The molecule has 0 aliphatic heterocycles. The summed E-state index contributed by atoms with van der Waals surface area (Å²) in [7, 11) is -0.456. The Balaban J connectivity index is 0.00000256. The van der Waals surface area contributed by atoms with E-state index in [4.69, 9.17) is 5.73 Å². The molecule has 2 heterocycles. The molecule has 1 aromatic carbocycles. The number of rotatable bonds is 7. The summed E-state index contributed by atoms with van der Waals surface area (Å²) in [6.45, 7) is 4.16. The Morgan fingerprint density at radius 2 is 1.81 bits per heavy atom. The van der Waals surface area contributed by atoms with Gasteiger partial charge in [0.15, 0.2) is 0 Å². The highest BCUT2D eigenvalue weighted by atomic mass is 35.5. The average molecular weight is 503 g/mol. The van der Waals surface area contributed by atoms with E-state index >= 15 is 0 Å². The Morgan fingerprint density at radius 1 is 1.19 bits per heavy atom. The van der Waals surface area contributed by atoms with Crippen LogP contribution < -0.4 is 5.73 Å². The van der Waals surface area contributed by atoms with Gasteiger partial charge in [-0.3, -0.25) is 4.98 Å². The van der Waals surface area contributed by atoms with Crippen molar-refractivity contribution in [3.8, 4) is 0 Å². The smallest absolute Gasteiger partial charge is 0.242 e. The van der Waals surface area contributed by atoms with Gasteiger partial charge >= 0.3 is 0 Å². The molecule has 0 fully saturated rings. The number of sulfonamides is 1. The third kappa shape index (κ3) is 5.68. The average Bonchev–Trinajstić information content (AvgIpc) is 2.93. The van der Waals surface area contributed by atoms with Crippen LogP contribution in [0.2, 0.25) is 0 Å². The predicted molar refractivity (Wildman–Crippen MR) is 132 cm³/mol. The highest BCUT2D eigenvalue weighted by molar-refractivity contribution is 7.89. The van der Waals surface area contributed by atoms with Crippen LogP contribution in [0.3, 0.4) is 0 Å². The monoisotopic (exact) mass is 502 g/mol. The van der Waals surface area contributed by atoms with Crippen LogP contribution in [0, 0.1) is 13.8 Å². The molecule has 0 aliphatic rings. The summed E-state index contributed by atoms with van der Waals surface area (Å²) in [6, 6.07) is 8.84. The van der Waals surface area contributed by atoms with E-state index in [0.29, 0.717) is 6.42 Å². The molecule has 3 rings (SSSR count). The van der Waals surface area contributed by atoms with E-state index in [1.54, 1.807) is 18.3 Å². The molecule has 0 saturated heterocycles. The summed E-state index contributed by atoms with van der Waals surface area (Å²) < 4.78 is 41.9. The summed E-state index contributed by atoms with van der Waals surface area (Å²) in [5.41, 5.74) is 11.0. The van der Waals surface area contributed by atoms with Gasteiger partial charge in [-0.05, 0) is 49.2 Å². The summed E-state index contributed by atoms with van der Waals surface area (Å²) in [4.78, 5) is 4.85. The van der Waals surface area contributed by atoms with Gasteiger partial charge in [-0.25, -0.2) is 17.1 Å². The summed E-state index contributed by atoms with van der Waals surface area (Å²) in [5.74, 6) is -0.288. The number of halogens is 3. The number of hydrogen-bond acceptors (Lipinski definition) is 4. The number of allylic oxidation sites excluding steroid dienone is 1. The predicted octanol–water partition coefficient (Wildman–Crippen LogP) is 4.15. The van der Waals surface area contributed by atoms with Crippen molar-refractivity contribution in [2.45, 2.75) is 31.7 Å². The van der Waals surface area contributed by atoms with Gasteiger partial charge in [0.1, 0.15) is 5.83 Å². The van der Waals surface area contributed by atoms with Gasteiger partial charge < -0.3 is 10.3 Å². The topological polar surface area (TPSA) is 81.2 Å². The number of nitrogens with zero attached hydrogens (tertiary/aromatic N) is 3. The number of benzene rings is 1. The second-order valence-corrected chi connectivity index (χ2v) is 9.68. The molecule has 176 valence electrons. The van der Waals surface area contributed by atoms with Crippen LogP contribution in [0.15, 0.2) is 53.3 Å². The zero-order valence-electron chi connectivity index (χ0n) is 18.5. The lowest BCUT2D eigenvalue weighted by Gasteiger charge is -2.12. The third-order valence-electron chi connectivity index (χ3n) is 5.15. The van der Waals surface area contributed by atoms with Crippen molar-refractivity contribution in [1.82, 2.24) is 13.9 Å². The summed E-state index contributed by atoms with van der Waals surface area (Å²) in [6.07, 6.45) is 3.74. The fourth-order valence-electron chi connectivity index (χ4n) is 3.46. The van der Waals surface area contributed by atoms with Crippen molar-refractivity contribution in [1.29, 1.82) is 0 Å². The normalized spacial score (nSPS) is 12.0. The molecule has 0 bridgehead atoms. The van der Waals surface area contributed by atoms with Crippen molar-refractivity contribution in [3.05, 3.63) is 70.8 Å². The Hall–Kier alpha value is -1.97. The molecule has 2 N–H and O–H groups in total. The SMILES string of the molecule is Cc1cnc2c(Cc3ccc(S(=O)(=O)N(C)C)cc3)c(C)n(C/C(F)=C/CN)c2c1.Cl.Cl. The number of hydrogen-bond donors (Lipinski definition) is 1. The van der Waals surface area contributed by atoms with Crippen LogP contribution >= 0.6 is 24.8 Å². The van der Waals surface area contributed by atoms with E-state index in [0.717, 1.165) is 33.4 Å². The maximum absolute atomic E-state index is 14.2. The first-order valence-corrected chi connectivity index (χ1v) is 11.1. The molecule has 3 aromatic rings. The molecule has 0 spiro atoms. The van der Waals surface area contributed by atoms with E-state index in [1.165, 1.54) is 24.5 Å². The van der Waals surface area contributed by atoms with Gasteiger partial charge in [0.25, 0.3) is 0 Å². The van der Waals surface area contributed by atoms with Crippen LogP contribution in [-0.4, -0.2) is 42.9 Å². The first kappa shape index (κ1) is 28.1. The largest absolute Gasteiger partial charge is 0.336 e. The molecule has 0 saturated carbocycles. The van der Waals surface area contributed by atoms with Crippen molar-refractivity contribution < 1.29 is 12.8 Å². The van der Waals surface area contributed by atoms with Crippen LogP contribution in [0.5, 0.6) is 0 Å². The summed E-state index contributed by atoms with van der Waals surface area (Å²) in [5, 5.41) is 0. The molecular weight excluding hydrogens is 474 g/mol.